The number of rotatable bonds is 4. The standard InChI is InChI=1S/C10H13Cl2N/c1-13-7-3-4-8-9(11)5-2-6-10(8)12/h2,5-6,13H,3-4,7H2,1H3. The van der Waals surface area contributed by atoms with E-state index in [2.05, 4.69) is 5.32 Å². The Bertz CT molecular complexity index is 253. The molecule has 0 spiro atoms. The average Bonchev–Trinajstić information content (AvgIpc) is 2.10. The van der Waals surface area contributed by atoms with E-state index in [0.717, 1.165) is 35.0 Å². The monoisotopic (exact) mass is 217 g/mol. The molecule has 0 atom stereocenters. The largest absolute Gasteiger partial charge is 0.320 e. The molecular formula is C10H13Cl2N. The predicted molar refractivity (Wildman–Crippen MR) is 58.7 cm³/mol. The van der Waals surface area contributed by atoms with Crippen LogP contribution in [0.1, 0.15) is 12.0 Å². The molecule has 0 aromatic heterocycles. The van der Waals surface area contributed by atoms with Crippen molar-refractivity contribution in [3.8, 4) is 0 Å². The van der Waals surface area contributed by atoms with E-state index < -0.39 is 0 Å². The molecule has 13 heavy (non-hydrogen) atoms. The summed E-state index contributed by atoms with van der Waals surface area (Å²) in [5.41, 5.74) is 1.06. The Balaban J connectivity index is 2.64. The van der Waals surface area contributed by atoms with Gasteiger partial charge in [0, 0.05) is 10.0 Å². The second-order valence-corrected chi connectivity index (χ2v) is 3.72. The number of hydrogen-bond acceptors (Lipinski definition) is 1. The Morgan fingerprint density at radius 2 is 1.85 bits per heavy atom. The zero-order valence-corrected chi connectivity index (χ0v) is 9.12. The van der Waals surface area contributed by atoms with Crippen molar-refractivity contribution in [1.82, 2.24) is 5.32 Å². The van der Waals surface area contributed by atoms with Gasteiger partial charge in [-0.3, -0.25) is 0 Å². The van der Waals surface area contributed by atoms with E-state index in [1.807, 2.05) is 25.2 Å². The van der Waals surface area contributed by atoms with Crippen molar-refractivity contribution in [2.75, 3.05) is 13.6 Å². The second kappa shape index (κ2) is 5.48. The summed E-state index contributed by atoms with van der Waals surface area (Å²) in [5, 5.41) is 4.63. The highest BCUT2D eigenvalue weighted by Crippen LogP contribution is 2.25. The molecule has 1 aromatic carbocycles. The minimum absolute atomic E-state index is 0.767. The van der Waals surface area contributed by atoms with Crippen LogP contribution in [0.15, 0.2) is 18.2 Å². The SMILES string of the molecule is CNCCCc1c(Cl)cccc1Cl. The van der Waals surface area contributed by atoms with Gasteiger partial charge < -0.3 is 5.32 Å². The summed E-state index contributed by atoms with van der Waals surface area (Å²) >= 11 is 12.0. The van der Waals surface area contributed by atoms with Crippen molar-refractivity contribution in [3.63, 3.8) is 0 Å². The maximum absolute atomic E-state index is 6.00. The van der Waals surface area contributed by atoms with E-state index in [1.165, 1.54) is 0 Å². The van der Waals surface area contributed by atoms with Crippen LogP contribution in [0.4, 0.5) is 0 Å². The molecule has 0 fully saturated rings. The predicted octanol–water partition coefficient (Wildman–Crippen LogP) is 3.15. The molecule has 0 saturated carbocycles. The zero-order chi connectivity index (χ0) is 9.68. The van der Waals surface area contributed by atoms with Crippen molar-refractivity contribution < 1.29 is 0 Å². The van der Waals surface area contributed by atoms with Crippen LogP contribution >= 0.6 is 23.2 Å². The van der Waals surface area contributed by atoms with Gasteiger partial charge >= 0.3 is 0 Å². The summed E-state index contributed by atoms with van der Waals surface area (Å²) < 4.78 is 0. The topological polar surface area (TPSA) is 12.0 Å². The Hall–Kier alpha value is -0.240. The molecular weight excluding hydrogens is 205 g/mol. The van der Waals surface area contributed by atoms with Crippen molar-refractivity contribution in [2.45, 2.75) is 12.8 Å². The minimum atomic E-state index is 0.767. The molecule has 3 heteroatoms. The number of benzene rings is 1. The quantitative estimate of drug-likeness (QED) is 0.765. The number of nitrogens with one attached hydrogen (secondary N) is 1. The van der Waals surface area contributed by atoms with Crippen LogP contribution < -0.4 is 5.32 Å². The Morgan fingerprint density at radius 1 is 1.23 bits per heavy atom. The molecule has 0 unspecified atom stereocenters. The minimum Gasteiger partial charge on any atom is -0.320 e. The summed E-state index contributed by atoms with van der Waals surface area (Å²) in [6.07, 6.45) is 1.99. The molecule has 1 aromatic rings. The molecule has 0 saturated heterocycles. The lowest BCUT2D eigenvalue weighted by Gasteiger charge is -2.05. The van der Waals surface area contributed by atoms with Crippen LogP contribution in [-0.4, -0.2) is 13.6 Å². The van der Waals surface area contributed by atoms with Crippen LogP contribution in [0.25, 0.3) is 0 Å². The smallest absolute Gasteiger partial charge is 0.0452 e. The van der Waals surface area contributed by atoms with Crippen molar-refractivity contribution in [3.05, 3.63) is 33.8 Å². The van der Waals surface area contributed by atoms with Crippen molar-refractivity contribution in [1.29, 1.82) is 0 Å². The van der Waals surface area contributed by atoms with Gasteiger partial charge in [-0.2, -0.15) is 0 Å². The Morgan fingerprint density at radius 3 is 2.38 bits per heavy atom. The fourth-order valence-corrected chi connectivity index (χ4v) is 1.80. The van der Waals surface area contributed by atoms with E-state index in [1.54, 1.807) is 0 Å². The average molecular weight is 218 g/mol. The molecule has 0 bridgehead atoms. The highest BCUT2D eigenvalue weighted by Gasteiger charge is 2.03. The lowest BCUT2D eigenvalue weighted by molar-refractivity contribution is 0.725. The van der Waals surface area contributed by atoms with Gasteiger partial charge in [0.05, 0.1) is 0 Å². The van der Waals surface area contributed by atoms with Crippen LogP contribution in [0.5, 0.6) is 0 Å². The maximum Gasteiger partial charge on any atom is 0.0452 e. The van der Waals surface area contributed by atoms with Gasteiger partial charge in [-0.05, 0) is 44.1 Å². The molecule has 0 heterocycles. The summed E-state index contributed by atoms with van der Waals surface area (Å²) in [4.78, 5) is 0. The molecule has 1 rings (SSSR count). The molecule has 0 aliphatic carbocycles. The molecule has 0 aliphatic heterocycles. The van der Waals surface area contributed by atoms with E-state index in [0.29, 0.717) is 0 Å². The normalized spacial score (nSPS) is 10.4. The number of halogens is 2. The molecule has 1 nitrogen and oxygen atoms in total. The zero-order valence-electron chi connectivity index (χ0n) is 7.61. The molecule has 0 amide bonds. The fraction of sp³-hybridized carbons (Fsp3) is 0.400. The van der Waals surface area contributed by atoms with E-state index in [-0.39, 0.29) is 0 Å². The van der Waals surface area contributed by atoms with Crippen molar-refractivity contribution in [2.24, 2.45) is 0 Å². The van der Waals surface area contributed by atoms with E-state index >= 15 is 0 Å². The van der Waals surface area contributed by atoms with Gasteiger partial charge in [0.1, 0.15) is 0 Å². The first-order valence-electron chi connectivity index (χ1n) is 4.33. The maximum atomic E-state index is 6.00. The first kappa shape index (κ1) is 10.8. The third kappa shape index (κ3) is 3.18. The Labute approximate surface area is 89.0 Å². The second-order valence-electron chi connectivity index (χ2n) is 2.91. The fourth-order valence-electron chi connectivity index (χ4n) is 1.21. The summed E-state index contributed by atoms with van der Waals surface area (Å²) in [6, 6.07) is 5.62. The van der Waals surface area contributed by atoms with E-state index in [4.69, 9.17) is 23.2 Å². The van der Waals surface area contributed by atoms with Gasteiger partial charge in [0.25, 0.3) is 0 Å². The van der Waals surface area contributed by atoms with Gasteiger partial charge in [-0.15, -0.1) is 0 Å². The van der Waals surface area contributed by atoms with Crippen LogP contribution in [0.2, 0.25) is 10.0 Å². The summed E-state index contributed by atoms with van der Waals surface area (Å²) in [5.74, 6) is 0. The first-order chi connectivity index (χ1) is 6.25. The van der Waals surface area contributed by atoms with E-state index in [9.17, 15) is 0 Å². The Kier molecular flexibility index (Phi) is 4.57. The highest BCUT2D eigenvalue weighted by atomic mass is 35.5. The van der Waals surface area contributed by atoms with Crippen LogP contribution in [0, 0.1) is 0 Å². The third-order valence-corrected chi connectivity index (χ3v) is 2.62. The van der Waals surface area contributed by atoms with Gasteiger partial charge in [-0.1, -0.05) is 29.3 Å². The molecule has 0 aliphatic rings. The van der Waals surface area contributed by atoms with Crippen molar-refractivity contribution >= 4 is 23.2 Å². The van der Waals surface area contributed by atoms with Gasteiger partial charge in [-0.25, -0.2) is 0 Å². The van der Waals surface area contributed by atoms with Gasteiger partial charge in [0.15, 0.2) is 0 Å². The molecule has 1 N–H and O–H groups in total. The lowest BCUT2D eigenvalue weighted by Crippen LogP contribution is -2.08. The van der Waals surface area contributed by atoms with Crippen LogP contribution in [-0.2, 0) is 6.42 Å². The summed E-state index contributed by atoms with van der Waals surface area (Å²) in [6.45, 7) is 0.988. The summed E-state index contributed by atoms with van der Waals surface area (Å²) in [7, 11) is 1.94. The van der Waals surface area contributed by atoms with Crippen LogP contribution in [0.3, 0.4) is 0 Å². The molecule has 72 valence electrons. The molecule has 0 radical (unpaired) electrons. The highest BCUT2D eigenvalue weighted by molar-refractivity contribution is 6.35. The first-order valence-corrected chi connectivity index (χ1v) is 5.09. The number of hydrogen-bond donors (Lipinski definition) is 1. The third-order valence-electron chi connectivity index (χ3n) is 1.92. The van der Waals surface area contributed by atoms with Gasteiger partial charge in [0.2, 0.25) is 0 Å². The lowest BCUT2D eigenvalue weighted by atomic mass is 10.1.